The molecule has 0 aromatic carbocycles. The molecule has 16 heavy (non-hydrogen) atoms. The van der Waals surface area contributed by atoms with Crippen LogP contribution in [0.5, 0.6) is 0 Å². The summed E-state index contributed by atoms with van der Waals surface area (Å²) >= 11 is 0. The highest BCUT2D eigenvalue weighted by atomic mass is 16.5. The van der Waals surface area contributed by atoms with Crippen molar-refractivity contribution in [2.75, 3.05) is 6.61 Å². The first-order valence-electron chi connectivity index (χ1n) is 5.51. The molecule has 0 aliphatic heterocycles. The van der Waals surface area contributed by atoms with E-state index < -0.39 is 5.72 Å². The molecule has 0 saturated carbocycles. The summed E-state index contributed by atoms with van der Waals surface area (Å²) in [5.74, 6) is 0.730. The van der Waals surface area contributed by atoms with Crippen LogP contribution in [0.2, 0.25) is 0 Å². The van der Waals surface area contributed by atoms with Crippen LogP contribution in [0.15, 0.2) is 29.1 Å². The van der Waals surface area contributed by atoms with Crippen LogP contribution < -0.4 is 0 Å². The molecule has 0 radical (unpaired) electrons. The lowest BCUT2D eigenvalue weighted by molar-refractivity contribution is 0.0960. The maximum Gasteiger partial charge on any atom is 0.165 e. The second kappa shape index (κ2) is 6.20. The van der Waals surface area contributed by atoms with Crippen molar-refractivity contribution in [2.45, 2.75) is 38.3 Å². The molecule has 0 bridgehead atoms. The zero-order chi connectivity index (χ0) is 11.9. The summed E-state index contributed by atoms with van der Waals surface area (Å²) in [6.45, 7) is 2.82. The van der Waals surface area contributed by atoms with Crippen molar-refractivity contribution in [1.82, 2.24) is 0 Å². The molecule has 1 aliphatic carbocycles. The molecule has 1 unspecified atom stereocenters. The number of unbranched alkanes of at least 4 members (excludes halogenated alkanes) is 2. The predicted molar refractivity (Wildman–Crippen MR) is 61.4 cm³/mol. The number of hydrogen-bond acceptors (Lipinski definition) is 3. The van der Waals surface area contributed by atoms with Crippen molar-refractivity contribution in [3.63, 3.8) is 0 Å². The van der Waals surface area contributed by atoms with Gasteiger partial charge in [-0.25, -0.2) is 0 Å². The third-order valence-electron chi connectivity index (χ3n) is 2.35. The molecule has 0 aromatic rings. The molecule has 0 saturated heterocycles. The van der Waals surface area contributed by atoms with Crippen molar-refractivity contribution < 1.29 is 9.84 Å². The van der Waals surface area contributed by atoms with E-state index in [-0.39, 0.29) is 6.42 Å². The van der Waals surface area contributed by atoms with E-state index in [1.54, 1.807) is 12.2 Å². The Morgan fingerprint density at radius 2 is 2.44 bits per heavy atom. The second-order valence-corrected chi connectivity index (χ2v) is 3.77. The van der Waals surface area contributed by atoms with Crippen LogP contribution >= 0.6 is 0 Å². The quantitative estimate of drug-likeness (QED) is 0.325. The van der Waals surface area contributed by atoms with Crippen LogP contribution in [0.3, 0.4) is 0 Å². The summed E-state index contributed by atoms with van der Waals surface area (Å²) in [4.78, 5) is 2.60. The van der Waals surface area contributed by atoms with Gasteiger partial charge in [-0.1, -0.05) is 24.9 Å². The van der Waals surface area contributed by atoms with Gasteiger partial charge in [0, 0.05) is 11.3 Å². The number of aliphatic hydroxyl groups is 1. The Hall–Kier alpha value is -1.45. The first-order chi connectivity index (χ1) is 7.70. The molecule has 1 rings (SSSR count). The van der Waals surface area contributed by atoms with Crippen LogP contribution in [-0.4, -0.2) is 17.4 Å². The van der Waals surface area contributed by atoms with E-state index in [4.69, 9.17) is 10.3 Å². The molecule has 1 atom stereocenters. The van der Waals surface area contributed by atoms with Crippen molar-refractivity contribution in [3.8, 4) is 0 Å². The molecule has 5 heteroatoms. The number of hydrogen-bond donors (Lipinski definition) is 1. The van der Waals surface area contributed by atoms with E-state index in [9.17, 15) is 5.11 Å². The lowest BCUT2D eigenvalue weighted by atomic mass is 10.1. The van der Waals surface area contributed by atoms with Gasteiger partial charge in [-0.2, -0.15) is 0 Å². The Kier molecular flexibility index (Phi) is 4.89. The van der Waals surface area contributed by atoms with Crippen LogP contribution in [0, 0.1) is 0 Å². The van der Waals surface area contributed by atoms with Gasteiger partial charge in [0.25, 0.3) is 0 Å². The SMILES string of the molecule is CCCCCOC1=CCC(O)(N=[N+]=[N-])C=C1. The van der Waals surface area contributed by atoms with Gasteiger partial charge >= 0.3 is 0 Å². The van der Waals surface area contributed by atoms with Gasteiger partial charge in [-0.15, -0.1) is 0 Å². The van der Waals surface area contributed by atoms with Crippen molar-refractivity contribution in [1.29, 1.82) is 0 Å². The maximum atomic E-state index is 9.69. The smallest absolute Gasteiger partial charge is 0.165 e. The normalized spacial score (nSPS) is 23.5. The molecule has 0 aromatic heterocycles. The Morgan fingerprint density at radius 1 is 1.62 bits per heavy atom. The Labute approximate surface area is 95.0 Å². The first-order valence-corrected chi connectivity index (χ1v) is 5.51. The summed E-state index contributed by atoms with van der Waals surface area (Å²) in [6.07, 6.45) is 8.44. The van der Waals surface area contributed by atoms with Crippen molar-refractivity contribution in [2.24, 2.45) is 5.11 Å². The van der Waals surface area contributed by atoms with E-state index in [1.165, 1.54) is 6.08 Å². The largest absolute Gasteiger partial charge is 0.494 e. The molecular formula is C11H17N3O2. The molecule has 1 aliphatic rings. The minimum absolute atomic E-state index is 0.261. The van der Waals surface area contributed by atoms with Crippen LogP contribution in [-0.2, 0) is 4.74 Å². The summed E-state index contributed by atoms with van der Waals surface area (Å²) in [7, 11) is 0. The highest BCUT2D eigenvalue weighted by Crippen LogP contribution is 2.23. The van der Waals surface area contributed by atoms with Crippen LogP contribution in [0.25, 0.3) is 10.4 Å². The molecule has 88 valence electrons. The number of azide groups is 1. The predicted octanol–water partition coefficient (Wildman–Crippen LogP) is 3.04. The fourth-order valence-corrected chi connectivity index (χ4v) is 1.40. The van der Waals surface area contributed by atoms with E-state index in [2.05, 4.69) is 16.9 Å². The monoisotopic (exact) mass is 223 g/mol. The van der Waals surface area contributed by atoms with Gasteiger partial charge in [0.15, 0.2) is 5.72 Å². The third kappa shape index (κ3) is 3.96. The number of rotatable bonds is 6. The van der Waals surface area contributed by atoms with Gasteiger partial charge in [-0.3, -0.25) is 0 Å². The van der Waals surface area contributed by atoms with Gasteiger partial charge in [0.05, 0.1) is 6.61 Å². The molecule has 0 amide bonds. The summed E-state index contributed by atoms with van der Waals surface area (Å²) in [5, 5.41) is 13.0. The number of allylic oxidation sites excluding steroid dienone is 1. The Bertz CT molecular complexity index is 332. The zero-order valence-electron chi connectivity index (χ0n) is 9.46. The molecule has 0 heterocycles. The third-order valence-corrected chi connectivity index (χ3v) is 2.35. The standard InChI is InChI=1S/C11H17N3O2/c1-2-3-4-9-16-10-5-7-11(15,8-6-10)13-14-12/h5-7,15H,2-4,8-9H2,1H3. The van der Waals surface area contributed by atoms with Gasteiger partial charge in [-0.05, 0) is 30.2 Å². The maximum absolute atomic E-state index is 9.69. The van der Waals surface area contributed by atoms with Crippen molar-refractivity contribution >= 4 is 0 Å². The molecule has 0 fully saturated rings. The van der Waals surface area contributed by atoms with Gasteiger partial charge < -0.3 is 9.84 Å². The second-order valence-electron chi connectivity index (χ2n) is 3.77. The first kappa shape index (κ1) is 12.6. The van der Waals surface area contributed by atoms with Crippen LogP contribution in [0.1, 0.15) is 32.6 Å². The van der Waals surface area contributed by atoms with Gasteiger partial charge in [0.2, 0.25) is 0 Å². The Balaban J connectivity index is 2.36. The summed E-state index contributed by atoms with van der Waals surface area (Å²) in [6, 6.07) is 0. The topological polar surface area (TPSA) is 78.2 Å². The van der Waals surface area contributed by atoms with Crippen LogP contribution in [0.4, 0.5) is 0 Å². The average molecular weight is 223 g/mol. The van der Waals surface area contributed by atoms with E-state index in [1.807, 2.05) is 0 Å². The lowest BCUT2D eigenvalue weighted by Gasteiger charge is -2.20. The molecule has 0 spiro atoms. The van der Waals surface area contributed by atoms with E-state index in [0.29, 0.717) is 6.61 Å². The van der Waals surface area contributed by atoms with E-state index >= 15 is 0 Å². The van der Waals surface area contributed by atoms with Gasteiger partial charge in [0.1, 0.15) is 5.76 Å². The fraction of sp³-hybridized carbons (Fsp3) is 0.636. The fourth-order valence-electron chi connectivity index (χ4n) is 1.40. The van der Waals surface area contributed by atoms with E-state index in [0.717, 1.165) is 25.0 Å². The number of ether oxygens (including phenoxy) is 1. The summed E-state index contributed by atoms with van der Waals surface area (Å²) in [5.41, 5.74) is 6.84. The minimum atomic E-state index is -1.43. The average Bonchev–Trinajstić information content (AvgIpc) is 2.27. The minimum Gasteiger partial charge on any atom is -0.494 e. The summed E-state index contributed by atoms with van der Waals surface area (Å²) < 4.78 is 5.48. The number of nitrogens with zero attached hydrogens (tertiary/aromatic N) is 3. The molecular weight excluding hydrogens is 206 g/mol. The molecule has 1 N–H and O–H groups in total. The zero-order valence-corrected chi connectivity index (χ0v) is 9.46. The highest BCUT2D eigenvalue weighted by Gasteiger charge is 2.23. The lowest BCUT2D eigenvalue weighted by Crippen LogP contribution is -2.23. The molecule has 5 nitrogen and oxygen atoms in total. The van der Waals surface area contributed by atoms with Crippen molar-refractivity contribution in [3.05, 3.63) is 34.4 Å². The highest BCUT2D eigenvalue weighted by molar-refractivity contribution is 5.22. The Morgan fingerprint density at radius 3 is 3.00 bits per heavy atom.